The molecule has 1 aliphatic heterocycles. The van der Waals surface area contributed by atoms with Gasteiger partial charge in [0.2, 0.25) is 0 Å². The fourth-order valence-electron chi connectivity index (χ4n) is 2.52. The van der Waals surface area contributed by atoms with E-state index < -0.39 is 0 Å². The summed E-state index contributed by atoms with van der Waals surface area (Å²) in [5, 5.41) is 0. The molecule has 1 aromatic rings. The van der Waals surface area contributed by atoms with Gasteiger partial charge in [0.25, 0.3) is 0 Å². The zero-order valence-electron chi connectivity index (χ0n) is 13.5. The lowest BCUT2D eigenvalue weighted by Gasteiger charge is -2.32. The molecular weight excluding hydrogens is 263 g/mol. The number of rotatable bonds is 5. The number of para-hydroxylation sites is 1. The third kappa shape index (κ3) is 3.11. The lowest BCUT2D eigenvalue weighted by Crippen LogP contribution is -2.41. The summed E-state index contributed by atoms with van der Waals surface area (Å²) < 4.78 is 18.2. The van der Waals surface area contributed by atoms with E-state index in [9.17, 15) is 0 Å². The van der Waals surface area contributed by atoms with Crippen LogP contribution in [0.15, 0.2) is 24.3 Å². The molecule has 3 nitrogen and oxygen atoms in total. The van der Waals surface area contributed by atoms with Gasteiger partial charge in [-0.3, -0.25) is 0 Å². The van der Waals surface area contributed by atoms with Crippen LogP contribution < -0.4 is 10.2 Å². The monoisotopic (exact) mass is 288 g/mol. The van der Waals surface area contributed by atoms with Gasteiger partial charge in [0.15, 0.2) is 0 Å². The Morgan fingerprint density at radius 3 is 2.33 bits per heavy atom. The standard InChI is InChI=1S/C17H25BO3/c1-16(2)17(3,4)21-18(20-16)14-7-5-6-8-15(14)19-12-11-13-9-10-13/h5-8,13H,9-12H2,1-4H3. The number of hydrogen-bond donors (Lipinski definition) is 0. The molecule has 3 rings (SSSR count). The van der Waals surface area contributed by atoms with Gasteiger partial charge in [-0.25, -0.2) is 0 Å². The van der Waals surface area contributed by atoms with E-state index in [1.165, 1.54) is 12.8 Å². The van der Waals surface area contributed by atoms with Gasteiger partial charge < -0.3 is 14.0 Å². The highest BCUT2D eigenvalue weighted by Gasteiger charge is 2.52. The van der Waals surface area contributed by atoms with Gasteiger partial charge in [-0.1, -0.05) is 31.0 Å². The van der Waals surface area contributed by atoms with E-state index in [0.717, 1.165) is 30.2 Å². The van der Waals surface area contributed by atoms with Crippen LogP contribution in [0, 0.1) is 5.92 Å². The molecular formula is C17H25BO3. The quantitative estimate of drug-likeness (QED) is 0.779. The van der Waals surface area contributed by atoms with Crippen molar-refractivity contribution in [3.63, 3.8) is 0 Å². The van der Waals surface area contributed by atoms with Crippen LogP contribution in [-0.2, 0) is 9.31 Å². The molecule has 4 heteroatoms. The first-order chi connectivity index (χ1) is 9.89. The molecule has 0 N–H and O–H groups in total. The zero-order chi connectivity index (χ0) is 15.1. The van der Waals surface area contributed by atoms with Crippen molar-refractivity contribution in [1.29, 1.82) is 0 Å². The van der Waals surface area contributed by atoms with Crippen LogP contribution in [0.3, 0.4) is 0 Å². The van der Waals surface area contributed by atoms with E-state index in [-0.39, 0.29) is 18.3 Å². The van der Waals surface area contributed by atoms with Crippen LogP contribution in [0.25, 0.3) is 0 Å². The Labute approximate surface area is 128 Å². The molecule has 1 aromatic carbocycles. The van der Waals surface area contributed by atoms with Gasteiger partial charge in [0.1, 0.15) is 5.75 Å². The highest BCUT2D eigenvalue weighted by atomic mass is 16.7. The van der Waals surface area contributed by atoms with Crippen molar-refractivity contribution >= 4 is 12.6 Å². The largest absolute Gasteiger partial charge is 0.498 e. The normalized spacial score (nSPS) is 23.3. The fraction of sp³-hybridized carbons (Fsp3) is 0.647. The van der Waals surface area contributed by atoms with Crippen LogP contribution in [0.1, 0.15) is 47.0 Å². The van der Waals surface area contributed by atoms with Crippen molar-refractivity contribution in [2.75, 3.05) is 6.61 Å². The van der Waals surface area contributed by atoms with Crippen LogP contribution in [0.4, 0.5) is 0 Å². The molecule has 0 unspecified atom stereocenters. The minimum atomic E-state index is -0.355. The Morgan fingerprint density at radius 2 is 1.71 bits per heavy atom. The summed E-state index contributed by atoms with van der Waals surface area (Å²) in [4.78, 5) is 0. The van der Waals surface area contributed by atoms with E-state index in [1.54, 1.807) is 0 Å². The van der Waals surface area contributed by atoms with E-state index in [2.05, 4.69) is 27.7 Å². The summed E-state index contributed by atoms with van der Waals surface area (Å²) in [5.41, 5.74) is 0.351. The van der Waals surface area contributed by atoms with Gasteiger partial charge in [-0.05, 0) is 46.1 Å². The Balaban J connectivity index is 1.72. The van der Waals surface area contributed by atoms with Gasteiger partial charge in [0, 0.05) is 5.46 Å². The SMILES string of the molecule is CC1(C)OB(c2ccccc2OCCC2CC2)OC1(C)C. The summed E-state index contributed by atoms with van der Waals surface area (Å²) in [6, 6.07) is 8.05. The minimum Gasteiger partial charge on any atom is -0.494 e. The second-order valence-electron chi connectivity index (χ2n) is 7.21. The van der Waals surface area contributed by atoms with E-state index in [0.29, 0.717) is 0 Å². The van der Waals surface area contributed by atoms with Crippen molar-refractivity contribution in [3.05, 3.63) is 24.3 Å². The van der Waals surface area contributed by atoms with Gasteiger partial charge in [-0.15, -0.1) is 0 Å². The average molecular weight is 288 g/mol. The second kappa shape index (κ2) is 5.33. The van der Waals surface area contributed by atoms with Crippen molar-refractivity contribution in [2.45, 2.75) is 58.2 Å². The lowest BCUT2D eigenvalue weighted by molar-refractivity contribution is 0.00578. The molecule has 1 aliphatic carbocycles. The molecule has 0 amide bonds. The van der Waals surface area contributed by atoms with Gasteiger partial charge in [-0.2, -0.15) is 0 Å². The molecule has 0 radical (unpaired) electrons. The minimum absolute atomic E-state index is 0.321. The maximum Gasteiger partial charge on any atom is 0.498 e. The lowest BCUT2D eigenvalue weighted by atomic mass is 9.78. The molecule has 1 saturated carbocycles. The first-order valence-electron chi connectivity index (χ1n) is 7.96. The highest BCUT2D eigenvalue weighted by Crippen LogP contribution is 2.37. The fourth-order valence-corrected chi connectivity index (χ4v) is 2.52. The Bertz CT molecular complexity index is 493. The predicted molar refractivity (Wildman–Crippen MR) is 85.0 cm³/mol. The molecule has 1 heterocycles. The van der Waals surface area contributed by atoms with E-state index in [4.69, 9.17) is 14.0 Å². The van der Waals surface area contributed by atoms with Gasteiger partial charge in [0.05, 0.1) is 17.8 Å². The summed E-state index contributed by atoms with van der Waals surface area (Å²) in [6.45, 7) is 9.07. The molecule has 114 valence electrons. The number of ether oxygens (including phenoxy) is 1. The highest BCUT2D eigenvalue weighted by molar-refractivity contribution is 6.63. The number of hydrogen-bond acceptors (Lipinski definition) is 3. The molecule has 1 saturated heterocycles. The first-order valence-corrected chi connectivity index (χ1v) is 7.96. The molecule has 0 spiro atoms. The average Bonchev–Trinajstić information content (AvgIpc) is 3.18. The summed E-state index contributed by atoms with van der Waals surface area (Å²) in [7, 11) is -0.355. The van der Waals surface area contributed by atoms with Crippen molar-refractivity contribution in [3.8, 4) is 5.75 Å². The summed E-state index contributed by atoms with van der Waals surface area (Å²) in [6.07, 6.45) is 3.88. The van der Waals surface area contributed by atoms with E-state index in [1.807, 2.05) is 24.3 Å². The molecule has 21 heavy (non-hydrogen) atoms. The Kier molecular flexibility index (Phi) is 3.79. The van der Waals surface area contributed by atoms with Crippen molar-refractivity contribution < 1.29 is 14.0 Å². The third-order valence-corrected chi connectivity index (χ3v) is 4.91. The third-order valence-electron chi connectivity index (χ3n) is 4.91. The Hall–Kier alpha value is -0.995. The molecule has 0 aromatic heterocycles. The van der Waals surface area contributed by atoms with E-state index >= 15 is 0 Å². The summed E-state index contributed by atoms with van der Waals surface area (Å²) >= 11 is 0. The van der Waals surface area contributed by atoms with Crippen LogP contribution in [0.2, 0.25) is 0 Å². The Morgan fingerprint density at radius 1 is 1.10 bits per heavy atom. The topological polar surface area (TPSA) is 27.7 Å². The van der Waals surface area contributed by atoms with Crippen LogP contribution in [0.5, 0.6) is 5.75 Å². The van der Waals surface area contributed by atoms with Crippen LogP contribution in [-0.4, -0.2) is 24.9 Å². The molecule has 2 fully saturated rings. The van der Waals surface area contributed by atoms with Crippen molar-refractivity contribution in [2.24, 2.45) is 5.92 Å². The van der Waals surface area contributed by atoms with Crippen LogP contribution >= 0.6 is 0 Å². The maximum atomic E-state index is 6.13. The smallest absolute Gasteiger partial charge is 0.494 e. The van der Waals surface area contributed by atoms with Gasteiger partial charge >= 0.3 is 7.12 Å². The maximum absolute atomic E-state index is 6.13. The van der Waals surface area contributed by atoms with Crippen molar-refractivity contribution in [1.82, 2.24) is 0 Å². The molecule has 0 bridgehead atoms. The second-order valence-corrected chi connectivity index (χ2v) is 7.21. The molecule has 2 aliphatic rings. The zero-order valence-corrected chi connectivity index (χ0v) is 13.5. The summed E-state index contributed by atoms with van der Waals surface area (Å²) in [5.74, 6) is 1.77. The predicted octanol–water partition coefficient (Wildman–Crippen LogP) is 3.16. The molecule has 0 atom stereocenters. The number of benzene rings is 1. The first kappa shape index (κ1) is 14.9.